The van der Waals surface area contributed by atoms with Crippen LogP contribution in [0.1, 0.15) is 16.7 Å². The third kappa shape index (κ3) is 4.11. The van der Waals surface area contributed by atoms with Gasteiger partial charge in [0.1, 0.15) is 5.82 Å². The first kappa shape index (κ1) is 22.4. The molecular weight excluding hydrogens is 442 g/mol. The molecule has 0 bridgehead atoms. The molecule has 0 saturated carbocycles. The Kier molecular flexibility index (Phi) is 5.68. The van der Waals surface area contributed by atoms with Crippen molar-refractivity contribution in [2.24, 2.45) is 0 Å². The second-order valence-electron chi connectivity index (χ2n) is 9.73. The highest BCUT2D eigenvalue weighted by Gasteiger charge is 2.23. The van der Waals surface area contributed by atoms with Crippen LogP contribution in [0.2, 0.25) is 0 Å². The van der Waals surface area contributed by atoms with Gasteiger partial charge in [-0.3, -0.25) is 0 Å². The third-order valence-corrected chi connectivity index (χ3v) is 7.31. The van der Waals surface area contributed by atoms with Crippen LogP contribution in [0.3, 0.4) is 0 Å². The average Bonchev–Trinajstić information content (AvgIpc) is 3.35. The molecule has 3 aromatic carbocycles. The van der Waals surface area contributed by atoms with Crippen molar-refractivity contribution in [3.05, 3.63) is 102 Å². The van der Waals surface area contributed by atoms with E-state index in [-0.39, 0.29) is 0 Å². The molecule has 36 heavy (non-hydrogen) atoms. The lowest BCUT2D eigenvalue weighted by molar-refractivity contribution is 0.638. The molecule has 1 fully saturated rings. The maximum Gasteiger partial charge on any atom is 0.158 e. The van der Waals surface area contributed by atoms with Gasteiger partial charge in [0.2, 0.25) is 0 Å². The van der Waals surface area contributed by atoms with E-state index in [1.807, 2.05) is 10.6 Å². The largest absolute Gasteiger partial charge is 0.368 e. The molecule has 3 heterocycles. The Morgan fingerprint density at radius 2 is 1.36 bits per heavy atom. The average molecular weight is 474 g/mol. The van der Waals surface area contributed by atoms with Crippen LogP contribution in [-0.2, 0) is 0 Å². The summed E-state index contributed by atoms with van der Waals surface area (Å²) in [5.41, 5.74) is 10.3. The van der Waals surface area contributed by atoms with Gasteiger partial charge in [0, 0.05) is 55.1 Å². The molecule has 6 rings (SSSR count). The van der Waals surface area contributed by atoms with Gasteiger partial charge in [0.25, 0.3) is 0 Å². The van der Waals surface area contributed by atoms with Gasteiger partial charge < -0.3 is 9.80 Å². The van der Waals surface area contributed by atoms with Gasteiger partial charge in [-0.2, -0.15) is 9.61 Å². The minimum absolute atomic E-state index is 0.875. The second-order valence-corrected chi connectivity index (χ2v) is 9.73. The number of benzene rings is 3. The molecule has 1 aliphatic heterocycles. The van der Waals surface area contributed by atoms with E-state index in [0.717, 1.165) is 60.2 Å². The number of rotatable bonds is 4. The van der Waals surface area contributed by atoms with Gasteiger partial charge in [-0.15, -0.1) is 0 Å². The van der Waals surface area contributed by atoms with Crippen LogP contribution in [0, 0.1) is 20.8 Å². The minimum atomic E-state index is 0.875. The zero-order chi connectivity index (χ0) is 24.6. The monoisotopic (exact) mass is 473 g/mol. The van der Waals surface area contributed by atoms with Crippen LogP contribution < -0.4 is 9.80 Å². The van der Waals surface area contributed by atoms with Crippen molar-refractivity contribution < 1.29 is 0 Å². The predicted molar refractivity (Wildman–Crippen MR) is 149 cm³/mol. The fourth-order valence-electron chi connectivity index (χ4n) is 5.14. The van der Waals surface area contributed by atoms with Gasteiger partial charge >= 0.3 is 0 Å². The molecule has 5 aromatic rings. The molecule has 180 valence electrons. The van der Waals surface area contributed by atoms with E-state index >= 15 is 0 Å². The normalized spacial score (nSPS) is 14.0. The van der Waals surface area contributed by atoms with Gasteiger partial charge in [-0.1, -0.05) is 66.2 Å². The van der Waals surface area contributed by atoms with E-state index < -0.39 is 0 Å². The van der Waals surface area contributed by atoms with Gasteiger partial charge in [-0.05, 0) is 44.0 Å². The summed E-state index contributed by atoms with van der Waals surface area (Å²) in [5, 5.41) is 5.04. The summed E-state index contributed by atoms with van der Waals surface area (Å²) in [7, 11) is 0. The van der Waals surface area contributed by atoms with E-state index in [0.29, 0.717) is 0 Å². The molecule has 0 amide bonds. The number of aromatic nitrogens is 3. The van der Waals surface area contributed by atoms with Crippen LogP contribution in [0.15, 0.2) is 84.9 Å². The van der Waals surface area contributed by atoms with Gasteiger partial charge in [0.05, 0.1) is 11.4 Å². The summed E-state index contributed by atoms with van der Waals surface area (Å²) in [6.07, 6.45) is 0. The van der Waals surface area contributed by atoms with Crippen molar-refractivity contribution in [3.8, 4) is 22.5 Å². The fourth-order valence-corrected chi connectivity index (χ4v) is 5.14. The number of piperazine rings is 1. The lowest BCUT2D eigenvalue weighted by Gasteiger charge is -2.38. The summed E-state index contributed by atoms with van der Waals surface area (Å²) < 4.78 is 2.03. The Hall–Kier alpha value is -4.12. The first-order valence-corrected chi connectivity index (χ1v) is 12.7. The summed E-state index contributed by atoms with van der Waals surface area (Å²) >= 11 is 0. The highest BCUT2D eigenvalue weighted by molar-refractivity contribution is 5.71. The number of hydrogen-bond donors (Lipinski definition) is 0. The zero-order valence-corrected chi connectivity index (χ0v) is 21.1. The molecule has 1 aliphatic rings. The van der Waals surface area contributed by atoms with Crippen molar-refractivity contribution >= 4 is 17.2 Å². The van der Waals surface area contributed by atoms with Crippen LogP contribution in [0.5, 0.6) is 0 Å². The van der Waals surface area contributed by atoms with Crippen molar-refractivity contribution in [1.82, 2.24) is 14.6 Å². The van der Waals surface area contributed by atoms with Crippen LogP contribution >= 0.6 is 0 Å². The second kappa shape index (κ2) is 9.15. The quantitative estimate of drug-likeness (QED) is 0.306. The van der Waals surface area contributed by atoms with E-state index in [1.165, 1.54) is 22.4 Å². The molecule has 0 spiro atoms. The van der Waals surface area contributed by atoms with Crippen molar-refractivity contribution in [2.45, 2.75) is 20.8 Å². The number of hydrogen-bond acceptors (Lipinski definition) is 4. The van der Waals surface area contributed by atoms with Crippen molar-refractivity contribution in [1.29, 1.82) is 0 Å². The molecule has 2 aromatic heterocycles. The third-order valence-electron chi connectivity index (χ3n) is 7.31. The SMILES string of the molecule is Cc1cccc(-c2cc3nc(-c4ccccc4)cc(N4CCN(c5cccc(C)c5C)CC4)n3n2)c1. The first-order chi connectivity index (χ1) is 17.6. The maximum absolute atomic E-state index is 5.04. The molecule has 0 radical (unpaired) electrons. The van der Waals surface area contributed by atoms with Crippen LogP contribution in [-0.4, -0.2) is 40.8 Å². The van der Waals surface area contributed by atoms with Crippen molar-refractivity contribution in [3.63, 3.8) is 0 Å². The van der Waals surface area contributed by atoms with E-state index in [1.54, 1.807) is 0 Å². The van der Waals surface area contributed by atoms with Crippen LogP contribution in [0.25, 0.3) is 28.2 Å². The number of aryl methyl sites for hydroxylation is 2. The summed E-state index contributed by atoms with van der Waals surface area (Å²) in [4.78, 5) is 9.98. The first-order valence-electron chi connectivity index (χ1n) is 12.7. The lowest BCUT2D eigenvalue weighted by atomic mass is 10.1. The Morgan fingerprint density at radius 3 is 2.14 bits per heavy atom. The Bertz CT molecular complexity index is 1530. The Morgan fingerprint density at radius 1 is 0.639 bits per heavy atom. The highest BCUT2D eigenvalue weighted by Crippen LogP contribution is 2.30. The topological polar surface area (TPSA) is 36.7 Å². The molecule has 0 atom stereocenters. The van der Waals surface area contributed by atoms with E-state index in [2.05, 4.69) is 109 Å². The highest BCUT2D eigenvalue weighted by atomic mass is 15.4. The summed E-state index contributed by atoms with van der Waals surface area (Å²) in [5.74, 6) is 1.10. The number of fused-ring (bicyclic) bond motifs is 1. The van der Waals surface area contributed by atoms with Crippen LogP contribution in [0.4, 0.5) is 11.5 Å². The molecule has 5 heteroatoms. The standard InChI is InChI=1S/C31H31N5/c1-22-9-7-13-26(19-22)28-20-30-32-27(25-11-5-4-6-12-25)21-31(36(30)33-28)35-17-15-34(16-18-35)29-14-8-10-23(2)24(29)3/h4-14,19-21H,15-18H2,1-3H3. The molecule has 5 nitrogen and oxygen atoms in total. The van der Waals surface area contributed by atoms with E-state index in [9.17, 15) is 0 Å². The lowest BCUT2D eigenvalue weighted by Crippen LogP contribution is -2.47. The predicted octanol–water partition coefficient (Wildman–Crippen LogP) is 6.32. The number of anilines is 2. The molecule has 0 unspecified atom stereocenters. The maximum atomic E-state index is 5.04. The summed E-state index contributed by atoms with van der Waals surface area (Å²) in [6.45, 7) is 10.3. The minimum Gasteiger partial charge on any atom is -0.368 e. The molecule has 1 saturated heterocycles. The Balaban J connectivity index is 1.39. The smallest absolute Gasteiger partial charge is 0.158 e. The van der Waals surface area contributed by atoms with E-state index in [4.69, 9.17) is 10.1 Å². The molecular formula is C31H31N5. The summed E-state index contributed by atoms with van der Waals surface area (Å²) in [6, 6.07) is 29.8. The molecule has 0 N–H and O–H groups in total. The van der Waals surface area contributed by atoms with Gasteiger partial charge in [-0.25, -0.2) is 4.98 Å². The zero-order valence-electron chi connectivity index (χ0n) is 21.1. The van der Waals surface area contributed by atoms with Crippen molar-refractivity contribution in [2.75, 3.05) is 36.0 Å². The molecule has 0 aliphatic carbocycles. The number of nitrogens with zero attached hydrogens (tertiary/aromatic N) is 5. The Labute approximate surface area is 212 Å². The van der Waals surface area contributed by atoms with Gasteiger partial charge in [0.15, 0.2) is 5.65 Å². The fraction of sp³-hybridized carbons (Fsp3) is 0.226.